The van der Waals surface area contributed by atoms with Gasteiger partial charge in [-0.15, -0.1) is 0 Å². The number of aryl methyl sites for hydroxylation is 1. The first-order valence-electron chi connectivity index (χ1n) is 10.6. The SMILES string of the molecule is CC(C)(C)OC(=O)NCCC(=O)Oc1ccc(C[NH+]=C(N)N)cc1.Cc1ccc(S(=O)(=O)[O-])cc1. The van der Waals surface area contributed by atoms with Crippen LogP contribution in [0.25, 0.3) is 0 Å². The molecule has 1 amide bonds. The van der Waals surface area contributed by atoms with Gasteiger partial charge in [0.15, 0.2) is 0 Å². The molecule has 2 rings (SSSR count). The fraction of sp³-hybridized carbons (Fsp3) is 0.348. The van der Waals surface area contributed by atoms with Crippen LogP contribution >= 0.6 is 0 Å². The lowest BCUT2D eigenvalue weighted by Crippen LogP contribution is -2.76. The summed E-state index contributed by atoms with van der Waals surface area (Å²) < 4.78 is 41.4. The van der Waals surface area contributed by atoms with Crippen molar-refractivity contribution in [3.8, 4) is 5.75 Å². The molecule has 2 aromatic rings. The Bertz CT molecular complexity index is 1100. The standard InChI is InChI=1S/C16H24N4O4.C7H8O3S/c1-16(2,3)24-15(22)19-9-8-13(21)23-12-6-4-11(5-7-12)10-20-14(17)18;1-6-2-4-7(5-3-6)11(8,9)10/h4-7H,8-10H2,1-3H3,(H,19,22)(H4,17,18,20);2-5H,1H3,(H,8,9,10). The molecule has 11 nitrogen and oxygen atoms in total. The van der Waals surface area contributed by atoms with Gasteiger partial charge in [0.05, 0.1) is 17.9 Å². The van der Waals surface area contributed by atoms with E-state index in [9.17, 15) is 22.6 Å². The number of nitrogens with two attached hydrogens (primary N) is 2. The van der Waals surface area contributed by atoms with E-state index in [1.807, 2.05) is 6.92 Å². The van der Waals surface area contributed by atoms with Gasteiger partial charge in [-0.2, -0.15) is 0 Å². The first-order chi connectivity index (χ1) is 16.2. The highest BCUT2D eigenvalue weighted by atomic mass is 32.2. The number of nitrogens with one attached hydrogen (secondary N) is 2. The quantitative estimate of drug-likeness (QED) is 0.134. The highest BCUT2D eigenvalue weighted by molar-refractivity contribution is 7.85. The summed E-state index contributed by atoms with van der Waals surface area (Å²) >= 11 is 0. The molecule has 0 radical (unpaired) electrons. The molecular formula is C23H32N4O7S. The lowest BCUT2D eigenvalue weighted by Gasteiger charge is -2.19. The molecule has 6 N–H and O–H groups in total. The maximum atomic E-state index is 11.7. The number of hydrogen-bond acceptors (Lipinski definition) is 7. The zero-order valence-corrected chi connectivity index (χ0v) is 21.0. The van der Waals surface area contributed by atoms with Crippen LogP contribution in [0.2, 0.25) is 0 Å². The molecule has 2 aromatic carbocycles. The number of guanidine groups is 1. The minimum atomic E-state index is -4.27. The highest BCUT2D eigenvalue weighted by Crippen LogP contribution is 2.12. The number of carbonyl (C=O) groups is 2. The second-order valence-electron chi connectivity index (χ2n) is 8.37. The molecule has 0 aliphatic rings. The number of rotatable bonds is 7. The van der Waals surface area contributed by atoms with Crippen molar-refractivity contribution in [2.45, 2.75) is 51.2 Å². The first kappa shape index (κ1) is 29.4. The normalized spacial score (nSPS) is 10.9. The number of ether oxygens (including phenoxy) is 2. The molecule has 35 heavy (non-hydrogen) atoms. The van der Waals surface area contributed by atoms with E-state index in [0.29, 0.717) is 12.3 Å². The zero-order chi connectivity index (χ0) is 26.6. The molecule has 0 aliphatic heterocycles. The summed E-state index contributed by atoms with van der Waals surface area (Å²) in [7, 11) is -4.27. The van der Waals surface area contributed by atoms with Crippen molar-refractivity contribution in [3.63, 3.8) is 0 Å². The molecule has 0 atom stereocenters. The lowest BCUT2D eigenvalue weighted by atomic mass is 10.2. The maximum absolute atomic E-state index is 11.7. The van der Waals surface area contributed by atoms with E-state index in [4.69, 9.17) is 20.9 Å². The monoisotopic (exact) mass is 508 g/mol. The van der Waals surface area contributed by atoms with Crippen LogP contribution in [0.1, 0.15) is 38.3 Å². The van der Waals surface area contributed by atoms with E-state index >= 15 is 0 Å². The average molecular weight is 509 g/mol. The molecule has 0 aromatic heterocycles. The van der Waals surface area contributed by atoms with Crippen LogP contribution < -0.4 is 26.5 Å². The predicted molar refractivity (Wildman–Crippen MR) is 128 cm³/mol. The van der Waals surface area contributed by atoms with Crippen molar-refractivity contribution in [1.29, 1.82) is 0 Å². The maximum Gasteiger partial charge on any atom is 0.407 e. The Morgan fingerprint density at radius 3 is 2.09 bits per heavy atom. The largest absolute Gasteiger partial charge is 0.744 e. The Balaban J connectivity index is 0.000000462. The van der Waals surface area contributed by atoms with E-state index in [1.54, 1.807) is 57.2 Å². The molecule has 0 heterocycles. The second-order valence-corrected chi connectivity index (χ2v) is 9.75. The fourth-order valence-electron chi connectivity index (χ4n) is 2.35. The van der Waals surface area contributed by atoms with Crippen molar-refractivity contribution < 1.29 is 37.0 Å². The number of alkyl carbamates (subject to hydrolysis) is 1. The minimum Gasteiger partial charge on any atom is -0.744 e. The van der Waals surface area contributed by atoms with Crippen LogP contribution in [0.5, 0.6) is 5.75 Å². The molecule has 0 spiro atoms. The van der Waals surface area contributed by atoms with E-state index in [1.165, 1.54) is 12.1 Å². The van der Waals surface area contributed by atoms with Gasteiger partial charge in [-0.1, -0.05) is 29.8 Å². The van der Waals surface area contributed by atoms with Crippen molar-refractivity contribution >= 4 is 28.1 Å². The summed E-state index contributed by atoms with van der Waals surface area (Å²) in [6, 6.07) is 12.7. The smallest absolute Gasteiger partial charge is 0.407 e. The van der Waals surface area contributed by atoms with Crippen LogP contribution in [-0.4, -0.2) is 43.1 Å². The summed E-state index contributed by atoms with van der Waals surface area (Å²) in [5.74, 6) is 0.116. The molecule has 0 aliphatic carbocycles. The second kappa shape index (κ2) is 13.3. The van der Waals surface area contributed by atoms with Crippen molar-refractivity contribution in [2.24, 2.45) is 11.5 Å². The van der Waals surface area contributed by atoms with Gasteiger partial charge in [-0.05, 0) is 57.5 Å². The number of amides is 1. The van der Waals surface area contributed by atoms with Crippen LogP contribution in [0.15, 0.2) is 53.4 Å². The van der Waals surface area contributed by atoms with Crippen LogP contribution in [0.3, 0.4) is 0 Å². The minimum absolute atomic E-state index is 0.0429. The Labute approximate surface area is 205 Å². The lowest BCUT2D eigenvalue weighted by molar-refractivity contribution is -0.477. The van der Waals surface area contributed by atoms with Crippen molar-refractivity contribution in [1.82, 2.24) is 5.32 Å². The molecule has 0 saturated heterocycles. The Hall–Kier alpha value is -3.64. The van der Waals surface area contributed by atoms with E-state index in [-0.39, 0.29) is 23.8 Å². The van der Waals surface area contributed by atoms with Gasteiger partial charge in [-0.3, -0.25) is 21.3 Å². The summed E-state index contributed by atoms with van der Waals surface area (Å²) in [4.78, 5) is 25.8. The molecule has 0 bridgehead atoms. The predicted octanol–water partition coefficient (Wildman–Crippen LogP) is 0.260. The number of hydrogen-bond donors (Lipinski definition) is 4. The third-order valence-corrected chi connectivity index (χ3v) is 4.81. The molecule has 0 unspecified atom stereocenters. The number of esters is 1. The third kappa shape index (κ3) is 13.6. The van der Waals surface area contributed by atoms with Crippen LogP contribution in [0.4, 0.5) is 4.79 Å². The number of benzene rings is 2. The molecule has 0 saturated carbocycles. The zero-order valence-electron chi connectivity index (χ0n) is 20.2. The van der Waals surface area contributed by atoms with Gasteiger partial charge in [0.1, 0.15) is 21.5 Å². The topological polar surface area (TPSA) is 188 Å². The summed E-state index contributed by atoms with van der Waals surface area (Å²) in [5, 5.41) is 2.50. The Morgan fingerprint density at radius 1 is 1.03 bits per heavy atom. The molecule has 192 valence electrons. The van der Waals surface area contributed by atoms with Crippen molar-refractivity contribution in [2.75, 3.05) is 6.54 Å². The van der Waals surface area contributed by atoms with Gasteiger partial charge >= 0.3 is 18.0 Å². The molecule has 12 heteroatoms. The van der Waals surface area contributed by atoms with Gasteiger partial charge in [0.2, 0.25) is 0 Å². The Morgan fingerprint density at radius 2 is 1.60 bits per heavy atom. The Kier molecular flexibility index (Phi) is 11.2. The summed E-state index contributed by atoms with van der Waals surface area (Å²) in [6.07, 6.45) is -0.524. The fourth-order valence-corrected chi connectivity index (χ4v) is 2.82. The molecular weight excluding hydrogens is 476 g/mol. The van der Waals surface area contributed by atoms with E-state index in [0.717, 1.165) is 11.1 Å². The first-order valence-corrected chi connectivity index (χ1v) is 12.0. The van der Waals surface area contributed by atoms with Gasteiger partial charge < -0.3 is 19.3 Å². The van der Waals surface area contributed by atoms with Crippen LogP contribution in [-0.2, 0) is 26.2 Å². The highest BCUT2D eigenvalue weighted by Gasteiger charge is 2.16. The van der Waals surface area contributed by atoms with Gasteiger partial charge in [0.25, 0.3) is 0 Å². The average Bonchev–Trinajstić information content (AvgIpc) is 2.72. The van der Waals surface area contributed by atoms with E-state index in [2.05, 4.69) is 10.3 Å². The third-order valence-electron chi connectivity index (χ3n) is 3.96. The van der Waals surface area contributed by atoms with E-state index < -0.39 is 27.8 Å². The number of carbonyl (C=O) groups excluding carboxylic acids is 2. The summed E-state index contributed by atoms with van der Waals surface area (Å²) in [6.45, 7) is 7.73. The summed E-state index contributed by atoms with van der Waals surface area (Å²) in [5.41, 5.74) is 11.9. The van der Waals surface area contributed by atoms with Gasteiger partial charge in [-0.25, -0.2) is 13.2 Å². The van der Waals surface area contributed by atoms with Gasteiger partial charge in [0, 0.05) is 6.54 Å². The van der Waals surface area contributed by atoms with Crippen molar-refractivity contribution in [3.05, 3.63) is 59.7 Å². The van der Waals surface area contributed by atoms with Crippen LogP contribution in [0, 0.1) is 6.92 Å². The molecule has 0 fully saturated rings.